The van der Waals surface area contributed by atoms with Gasteiger partial charge in [-0.15, -0.1) is 0 Å². The van der Waals surface area contributed by atoms with Crippen molar-refractivity contribution >= 4 is 15.7 Å². The van der Waals surface area contributed by atoms with Gasteiger partial charge in [0.15, 0.2) is 0 Å². The van der Waals surface area contributed by atoms with Crippen molar-refractivity contribution in [2.45, 2.75) is 24.7 Å². The van der Waals surface area contributed by atoms with Gasteiger partial charge in [-0.05, 0) is 47.1 Å². The van der Waals surface area contributed by atoms with Crippen molar-refractivity contribution in [1.82, 2.24) is 4.98 Å². The molecule has 6 nitrogen and oxygen atoms in total. The lowest BCUT2D eigenvalue weighted by Crippen LogP contribution is -2.11. The number of primary sulfonamides is 1. The van der Waals surface area contributed by atoms with E-state index in [-0.39, 0.29) is 10.3 Å². The van der Waals surface area contributed by atoms with Crippen LogP contribution in [0.15, 0.2) is 47.5 Å². The fraction of sp³-hybridized carbons (Fsp3) is 0.389. The Bertz CT molecular complexity index is 863. The molecule has 1 heterocycles. The van der Waals surface area contributed by atoms with Gasteiger partial charge in [0, 0.05) is 12.7 Å². The third kappa shape index (κ3) is 3.48. The second kappa shape index (κ2) is 6.31. The first-order chi connectivity index (χ1) is 11.7. The number of pyridine rings is 1. The van der Waals surface area contributed by atoms with Crippen LogP contribution in [0, 0.1) is 11.3 Å². The molecule has 7 heteroatoms. The zero-order chi connectivity index (χ0) is 18.2. The molecule has 2 aromatic rings. The van der Waals surface area contributed by atoms with E-state index in [1.807, 2.05) is 24.3 Å². The van der Waals surface area contributed by atoms with E-state index in [0.717, 1.165) is 17.8 Å². The average Bonchev–Trinajstić information content (AvgIpc) is 3.13. The summed E-state index contributed by atoms with van der Waals surface area (Å²) in [5.41, 5.74) is 2.13. The smallest absolute Gasteiger partial charge is 0.238 e. The third-order valence-electron chi connectivity index (χ3n) is 5.10. The fourth-order valence-electron chi connectivity index (χ4n) is 3.56. The van der Waals surface area contributed by atoms with Gasteiger partial charge >= 0.3 is 0 Å². The summed E-state index contributed by atoms with van der Waals surface area (Å²) < 4.78 is 28.0. The molecule has 0 aliphatic heterocycles. The summed E-state index contributed by atoms with van der Waals surface area (Å²) in [5, 5.41) is 8.58. The SMILES string of the molecule is COc1ncccc1NC[C@H]1[C@H](c2ccc(S(N)(=O)=O)cc2)C1(C)C. The number of ether oxygens (including phenoxy) is 1. The van der Waals surface area contributed by atoms with E-state index in [9.17, 15) is 8.42 Å². The van der Waals surface area contributed by atoms with Gasteiger partial charge in [-0.1, -0.05) is 26.0 Å². The number of sulfonamides is 1. The zero-order valence-electron chi connectivity index (χ0n) is 14.6. The number of nitrogens with one attached hydrogen (secondary N) is 1. The Morgan fingerprint density at radius 2 is 1.92 bits per heavy atom. The predicted molar refractivity (Wildman–Crippen MR) is 97.1 cm³/mol. The number of nitrogens with two attached hydrogens (primary N) is 1. The lowest BCUT2D eigenvalue weighted by Gasteiger charge is -2.10. The van der Waals surface area contributed by atoms with Crippen molar-refractivity contribution in [3.05, 3.63) is 48.2 Å². The zero-order valence-corrected chi connectivity index (χ0v) is 15.4. The topological polar surface area (TPSA) is 94.3 Å². The average molecular weight is 361 g/mol. The molecule has 25 heavy (non-hydrogen) atoms. The normalized spacial score (nSPS) is 21.6. The van der Waals surface area contributed by atoms with Crippen molar-refractivity contribution in [2.24, 2.45) is 16.5 Å². The van der Waals surface area contributed by atoms with Crippen molar-refractivity contribution in [1.29, 1.82) is 0 Å². The number of hydrogen-bond acceptors (Lipinski definition) is 5. The monoisotopic (exact) mass is 361 g/mol. The standard InChI is InChI=1S/C18H23N3O3S/c1-18(2)14(11-21-15-5-4-10-20-17(15)24-3)16(18)12-6-8-13(9-7-12)25(19,22)23/h4-10,14,16,21H,11H2,1-3H3,(H2,19,22,23)/t14-,16-/m0/s1. The van der Waals surface area contributed by atoms with Crippen molar-refractivity contribution in [3.63, 3.8) is 0 Å². The maximum atomic E-state index is 11.4. The molecule has 0 spiro atoms. The quantitative estimate of drug-likeness (QED) is 0.825. The maximum absolute atomic E-state index is 11.4. The van der Waals surface area contributed by atoms with E-state index in [1.165, 1.54) is 0 Å². The Morgan fingerprint density at radius 1 is 1.24 bits per heavy atom. The summed E-state index contributed by atoms with van der Waals surface area (Å²) in [6.07, 6.45) is 1.70. The van der Waals surface area contributed by atoms with E-state index in [1.54, 1.807) is 25.4 Å². The van der Waals surface area contributed by atoms with E-state index in [4.69, 9.17) is 9.88 Å². The molecule has 134 valence electrons. The van der Waals surface area contributed by atoms with Gasteiger partial charge in [0.25, 0.3) is 0 Å². The molecular formula is C18H23N3O3S. The molecule has 1 aliphatic carbocycles. The Hall–Kier alpha value is -2.12. The van der Waals surface area contributed by atoms with Crippen LogP contribution in [0.3, 0.4) is 0 Å². The van der Waals surface area contributed by atoms with E-state index >= 15 is 0 Å². The summed E-state index contributed by atoms with van der Waals surface area (Å²) in [6.45, 7) is 5.23. The number of hydrogen-bond donors (Lipinski definition) is 2. The van der Waals surface area contributed by atoms with Crippen LogP contribution in [-0.4, -0.2) is 27.1 Å². The Labute approximate surface area is 148 Å². The number of methoxy groups -OCH3 is 1. The van der Waals surface area contributed by atoms with Crippen molar-refractivity contribution in [3.8, 4) is 5.88 Å². The molecule has 0 bridgehead atoms. The second-order valence-electron chi connectivity index (χ2n) is 6.96. The number of anilines is 1. The summed E-state index contributed by atoms with van der Waals surface area (Å²) >= 11 is 0. The first-order valence-corrected chi connectivity index (χ1v) is 9.65. The second-order valence-corrected chi connectivity index (χ2v) is 8.52. The maximum Gasteiger partial charge on any atom is 0.238 e. The molecule has 0 radical (unpaired) electrons. The van der Waals surface area contributed by atoms with E-state index in [0.29, 0.717) is 17.7 Å². The molecule has 0 amide bonds. The molecule has 1 saturated carbocycles. The fourth-order valence-corrected chi connectivity index (χ4v) is 4.08. The van der Waals surface area contributed by atoms with Crippen molar-refractivity contribution < 1.29 is 13.2 Å². The van der Waals surface area contributed by atoms with Crippen molar-refractivity contribution in [2.75, 3.05) is 19.0 Å². The highest BCUT2D eigenvalue weighted by molar-refractivity contribution is 7.89. The lowest BCUT2D eigenvalue weighted by molar-refractivity contribution is 0.399. The first-order valence-electron chi connectivity index (χ1n) is 8.11. The minimum atomic E-state index is -3.65. The number of nitrogens with zero attached hydrogens (tertiary/aromatic N) is 1. The van der Waals surface area contributed by atoms with Gasteiger partial charge in [0.1, 0.15) is 0 Å². The molecule has 1 aromatic carbocycles. The van der Waals surface area contributed by atoms with Crippen LogP contribution in [0.5, 0.6) is 5.88 Å². The number of benzene rings is 1. The van der Waals surface area contributed by atoms with Gasteiger partial charge in [-0.2, -0.15) is 0 Å². The Kier molecular flexibility index (Phi) is 4.47. The van der Waals surface area contributed by atoms with Gasteiger partial charge in [0.05, 0.1) is 17.7 Å². The highest BCUT2D eigenvalue weighted by Crippen LogP contribution is 2.64. The Balaban J connectivity index is 1.72. The highest BCUT2D eigenvalue weighted by Gasteiger charge is 2.57. The first kappa shape index (κ1) is 17.7. The molecule has 0 saturated heterocycles. The third-order valence-corrected chi connectivity index (χ3v) is 6.02. The van der Waals surface area contributed by atoms with Crippen LogP contribution in [0.25, 0.3) is 0 Å². The molecule has 1 fully saturated rings. The minimum absolute atomic E-state index is 0.131. The Morgan fingerprint density at radius 3 is 2.52 bits per heavy atom. The van der Waals surface area contributed by atoms with Crippen LogP contribution in [0.2, 0.25) is 0 Å². The van der Waals surface area contributed by atoms with E-state index in [2.05, 4.69) is 24.1 Å². The lowest BCUT2D eigenvalue weighted by atomic mass is 10.0. The van der Waals surface area contributed by atoms with Crippen LogP contribution in [0.1, 0.15) is 25.3 Å². The molecule has 3 rings (SSSR count). The molecule has 1 aromatic heterocycles. The van der Waals surface area contributed by atoms with E-state index < -0.39 is 10.0 Å². The summed E-state index contributed by atoms with van der Waals surface area (Å²) in [6, 6.07) is 10.7. The van der Waals surface area contributed by atoms with Gasteiger partial charge in [-0.3, -0.25) is 0 Å². The molecule has 1 aliphatic rings. The highest BCUT2D eigenvalue weighted by atomic mass is 32.2. The van der Waals surface area contributed by atoms with Crippen LogP contribution >= 0.6 is 0 Å². The number of rotatable bonds is 6. The number of aromatic nitrogens is 1. The summed E-state index contributed by atoms with van der Waals surface area (Å²) in [4.78, 5) is 4.33. The van der Waals surface area contributed by atoms with Gasteiger partial charge in [0.2, 0.25) is 15.9 Å². The molecule has 3 N–H and O–H groups in total. The van der Waals surface area contributed by atoms with Crippen LogP contribution < -0.4 is 15.2 Å². The van der Waals surface area contributed by atoms with Gasteiger partial charge < -0.3 is 10.1 Å². The molecule has 0 unspecified atom stereocenters. The van der Waals surface area contributed by atoms with Crippen LogP contribution in [-0.2, 0) is 10.0 Å². The van der Waals surface area contributed by atoms with Gasteiger partial charge in [-0.25, -0.2) is 18.5 Å². The predicted octanol–water partition coefficient (Wildman–Crippen LogP) is 2.59. The molecule has 2 atom stereocenters. The summed E-state index contributed by atoms with van der Waals surface area (Å²) in [5.74, 6) is 1.37. The summed E-state index contributed by atoms with van der Waals surface area (Å²) in [7, 11) is -2.05. The molecular weight excluding hydrogens is 338 g/mol. The minimum Gasteiger partial charge on any atom is -0.480 e. The van der Waals surface area contributed by atoms with Crippen LogP contribution in [0.4, 0.5) is 5.69 Å². The largest absolute Gasteiger partial charge is 0.480 e.